The Bertz CT molecular complexity index is 677. The van der Waals surface area contributed by atoms with Crippen molar-refractivity contribution in [1.82, 2.24) is 9.80 Å². The van der Waals surface area contributed by atoms with Gasteiger partial charge in [0.2, 0.25) is 0 Å². The molecule has 0 spiro atoms. The molecule has 8 nitrogen and oxygen atoms in total. The molecular formula is C18H24N2O6. The smallest absolute Gasteiger partial charge is 0.326 e. The van der Waals surface area contributed by atoms with Gasteiger partial charge < -0.3 is 24.7 Å². The van der Waals surface area contributed by atoms with E-state index in [-0.39, 0.29) is 6.54 Å². The third-order valence-electron chi connectivity index (χ3n) is 4.46. The van der Waals surface area contributed by atoms with Crippen molar-refractivity contribution >= 4 is 18.0 Å². The van der Waals surface area contributed by atoms with Gasteiger partial charge >= 0.3 is 18.0 Å². The Morgan fingerprint density at radius 2 is 2.00 bits per heavy atom. The Kier molecular flexibility index (Phi) is 6.43. The number of hydrogen-bond acceptors (Lipinski definition) is 4. The van der Waals surface area contributed by atoms with Crippen molar-refractivity contribution in [3.05, 3.63) is 29.8 Å². The molecule has 0 bridgehead atoms. The van der Waals surface area contributed by atoms with Crippen LogP contribution in [0.25, 0.3) is 0 Å². The van der Waals surface area contributed by atoms with E-state index in [4.69, 9.17) is 4.74 Å². The molecule has 142 valence electrons. The number of para-hydroxylation sites is 1. The number of carboxylic acids is 2. The molecule has 1 aromatic rings. The average molecular weight is 364 g/mol. The van der Waals surface area contributed by atoms with Gasteiger partial charge in [-0.3, -0.25) is 4.79 Å². The summed E-state index contributed by atoms with van der Waals surface area (Å²) >= 11 is 0. The van der Waals surface area contributed by atoms with E-state index >= 15 is 0 Å². The van der Waals surface area contributed by atoms with Crippen molar-refractivity contribution in [2.75, 3.05) is 26.7 Å². The van der Waals surface area contributed by atoms with Gasteiger partial charge in [0.1, 0.15) is 17.7 Å². The van der Waals surface area contributed by atoms with Crippen LogP contribution in [0.15, 0.2) is 24.3 Å². The predicted molar refractivity (Wildman–Crippen MR) is 93.4 cm³/mol. The van der Waals surface area contributed by atoms with E-state index in [1.807, 2.05) is 6.92 Å². The molecule has 8 heteroatoms. The highest BCUT2D eigenvalue weighted by molar-refractivity contribution is 5.84. The molecule has 2 N–H and O–H groups in total. The lowest BCUT2D eigenvalue weighted by atomic mass is 9.97. The summed E-state index contributed by atoms with van der Waals surface area (Å²) in [6.07, 6.45) is 1.02. The van der Waals surface area contributed by atoms with E-state index in [0.29, 0.717) is 37.3 Å². The molecule has 1 heterocycles. The standard InChI is InChI=1S/C18H24N2O6/c1-3-26-15-9-5-4-7-12(15)13(16(21)22)11-19(2)18(25)20-10-6-8-14(20)17(23)24/h4-5,7,9,13-14H,3,6,8,10-11H2,1-2H3,(H,21,22)(H,23,24)/t13?,14-/m0/s1. The van der Waals surface area contributed by atoms with Crippen molar-refractivity contribution in [3.63, 3.8) is 0 Å². The first kappa shape index (κ1) is 19.6. The number of benzene rings is 1. The maximum atomic E-state index is 12.6. The van der Waals surface area contributed by atoms with Gasteiger partial charge in [0.25, 0.3) is 0 Å². The molecule has 26 heavy (non-hydrogen) atoms. The number of nitrogens with zero attached hydrogens (tertiary/aromatic N) is 2. The first-order valence-corrected chi connectivity index (χ1v) is 8.55. The van der Waals surface area contributed by atoms with Crippen LogP contribution in [0, 0.1) is 0 Å². The first-order chi connectivity index (χ1) is 12.4. The zero-order chi connectivity index (χ0) is 19.3. The van der Waals surface area contributed by atoms with E-state index in [1.54, 1.807) is 24.3 Å². The van der Waals surface area contributed by atoms with Gasteiger partial charge in [-0.15, -0.1) is 0 Å². The quantitative estimate of drug-likeness (QED) is 0.765. The predicted octanol–water partition coefficient (Wildman–Crippen LogP) is 1.85. The molecule has 2 atom stereocenters. The summed E-state index contributed by atoms with van der Waals surface area (Å²) in [5.41, 5.74) is 0.484. The number of hydrogen-bond donors (Lipinski definition) is 2. The number of rotatable bonds is 7. The highest BCUT2D eigenvalue weighted by Crippen LogP contribution is 2.28. The molecule has 2 amide bonds. The van der Waals surface area contributed by atoms with E-state index in [9.17, 15) is 24.6 Å². The van der Waals surface area contributed by atoms with Gasteiger partial charge in [0.05, 0.1) is 6.61 Å². The SMILES string of the molecule is CCOc1ccccc1C(CN(C)C(=O)N1CCC[C@H]1C(=O)O)C(=O)O. The fourth-order valence-corrected chi connectivity index (χ4v) is 3.19. The third kappa shape index (κ3) is 4.25. The van der Waals surface area contributed by atoms with Gasteiger partial charge in [-0.2, -0.15) is 0 Å². The number of carboxylic acid groups (broad SMARTS) is 2. The molecule has 0 aromatic heterocycles. The lowest BCUT2D eigenvalue weighted by Crippen LogP contribution is -2.48. The normalized spacial score (nSPS) is 17.6. The van der Waals surface area contributed by atoms with Crippen molar-refractivity contribution in [3.8, 4) is 5.75 Å². The maximum absolute atomic E-state index is 12.6. The minimum Gasteiger partial charge on any atom is -0.494 e. The molecule has 0 radical (unpaired) electrons. The van der Waals surface area contributed by atoms with Crippen molar-refractivity contribution in [2.24, 2.45) is 0 Å². The van der Waals surface area contributed by atoms with Crippen molar-refractivity contribution < 1.29 is 29.3 Å². The van der Waals surface area contributed by atoms with Crippen LogP contribution in [0.2, 0.25) is 0 Å². The van der Waals surface area contributed by atoms with Crippen LogP contribution in [0.5, 0.6) is 5.75 Å². The fourth-order valence-electron chi connectivity index (χ4n) is 3.19. The molecule has 1 saturated heterocycles. The minimum absolute atomic E-state index is 0.0822. The average Bonchev–Trinajstić information content (AvgIpc) is 3.09. The van der Waals surface area contributed by atoms with Crippen LogP contribution in [-0.4, -0.2) is 70.8 Å². The van der Waals surface area contributed by atoms with Crippen molar-refractivity contribution in [2.45, 2.75) is 31.7 Å². The summed E-state index contributed by atoms with van der Waals surface area (Å²) in [6, 6.07) is 5.50. The number of aliphatic carboxylic acids is 2. The maximum Gasteiger partial charge on any atom is 0.326 e. The largest absolute Gasteiger partial charge is 0.494 e. The molecule has 0 saturated carbocycles. The van der Waals surface area contributed by atoms with Gasteiger partial charge in [0.15, 0.2) is 0 Å². The minimum atomic E-state index is -1.08. The van der Waals surface area contributed by atoms with Crippen LogP contribution in [0.1, 0.15) is 31.2 Å². The summed E-state index contributed by atoms with van der Waals surface area (Å²) in [7, 11) is 1.48. The highest BCUT2D eigenvalue weighted by atomic mass is 16.5. The second-order valence-corrected chi connectivity index (χ2v) is 6.21. The third-order valence-corrected chi connectivity index (χ3v) is 4.46. The summed E-state index contributed by atoms with van der Waals surface area (Å²) in [5.74, 6) is -2.63. The Labute approximate surface area is 152 Å². The molecule has 1 aliphatic rings. The van der Waals surface area contributed by atoms with E-state index in [0.717, 1.165) is 0 Å². The van der Waals surface area contributed by atoms with Crippen LogP contribution in [-0.2, 0) is 9.59 Å². The highest BCUT2D eigenvalue weighted by Gasteiger charge is 2.36. The number of likely N-dealkylation sites (tertiary alicyclic amines) is 1. The lowest BCUT2D eigenvalue weighted by molar-refractivity contribution is -0.142. The second kappa shape index (κ2) is 8.55. The Morgan fingerprint density at radius 3 is 2.62 bits per heavy atom. The van der Waals surface area contributed by atoms with Gasteiger partial charge in [-0.05, 0) is 25.8 Å². The molecular weight excluding hydrogens is 340 g/mol. The summed E-state index contributed by atoms with van der Waals surface area (Å²) in [6.45, 7) is 2.47. The van der Waals surface area contributed by atoms with Crippen LogP contribution >= 0.6 is 0 Å². The summed E-state index contributed by atoms with van der Waals surface area (Å²) < 4.78 is 5.50. The zero-order valence-electron chi connectivity index (χ0n) is 14.9. The number of carbonyl (C=O) groups excluding carboxylic acids is 1. The molecule has 1 aromatic carbocycles. The molecule has 2 rings (SSSR count). The fraction of sp³-hybridized carbons (Fsp3) is 0.500. The van der Waals surface area contributed by atoms with Gasteiger partial charge in [-0.25, -0.2) is 9.59 Å². The molecule has 1 aliphatic heterocycles. The number of ether oxygens (including phenoxy) is 1. The number of amides is 2. The lowest BCUT2D eigenvalue weighted by Gasteiger charge is -2.29. The second-order valence-electron chi connectivity index (χ2n) is 6.21. The zero-order valence-corrected chi connectivity index (χ0v) is 14.9. The van der Waals surface area contributed by atoms with E-state index in [2.05, 4.69) is 0 Å². The Balaban J connectivity index is 2.18. The number of likely N-dealkylation sites (N-methyl/N-ethyl adjacent to an activating group) is 1. The van der Waals surface area contributed by atoms with Crippen LogP contribution < -0.4 is 4.74 Å². The summed E-state index contributed by atoms with van der Waals surface area (Å²) in [4.78, 5) is 38.3. The molecule has 1 unspecified atom stereocenters. The molecule has 1 fully saturated rings. The van der Waals surface area contributed by atoms with Gasteiger partial charge in [-0.1, -0.05) is 18.2 Å². The first-order valence-electron chi connectivity index (χ1n) is 8.55. The number of carbonyl (C=O) groups is 3. The monoisotopic (exact) mass is 364 g/mol. The van der Waals surface area contributed by atoms with Crippen LogP contribution in [0.4, 0.5) is 4.79 Å². The van der Waals surface area contributed by atoms with E-state index < -0.39 is 29.9 Å². The Hall–Kier alpha value is -2.77. The topological polar surface area (TPSA) is 107 Å². The number of urea groups is 1. The Morgan fingerprint density at radius 1 is 1.31 bits per heavy atom. The van der Waals surface area contributed by atoms with Crippen molar-refractivity contribution in [1.29, 1.82) is 0 Å². The van der Waals surface area contributed by atoms with E-state index in [1.165, 1.54) is 16.8 Å². The summed E-state index contributed by atoms with van der Waals surface area (Å²) in [5, 5.41) is 18.9. The van der Waals surface area contributed by atoms with Gasteiger partial charge in [0, 0.05) is 25.7 Å². The van der Waals surface area contributed by atoms with Crippen LogP contribution in [0.3, 0.4) is 0 Å². The molecule has 0 aliphatic carbocycles.